The average molecular weight is 315 g/mol. The van der Waals surface area contributed by atoms with Crippen LogP contribution in [0.2, 0.25) is 0 Å². The molecule has 0 aliphatic carbocycles. The molecule has 2 heterocycles. The molecule has 23 heavy (non-hydrogen) atoms. The number of nitrogens with zero attached hydrogens (tertiary/aromatic N) is 2. The first-order valence-corrected chi connectivity index (χ1v) is 7.29. The van der Waals surface area contributed by atoms with Crippen molar-refractivity contribution in [3.05, 3.63) is 47.7 Å². The molecule has 7 nitrogen and oxygen atoms in total. The molecule has 2 aromatic rings. The van der Waals surface area contributed by atoms with Gasteiger partial charge in [-0.2, -0.15) is 0 Å². The molecule has 1 aliphatic rings. The molecule has 120 valence electrons. The largest absolute Gasteiger partial charge is 0.369 e. The van der Waals surface area contributed by atoms with Gasteiger partial charge < -0.3 is 19.5 Å². The summed E-state index contributed by atoms with van der Waals surface area (Å²) in [5, 5.41) is 6.38. The van der Waals surface area contributed by atoms with E-state index in [9.17, 15) is 9.59 Å². The van der Waals surface area contributed by atoms with Crippen LogP contribution in [-0.2, 0) is 20.9 Å². The Morgan fingerprint density at radius 1 is 1.39 bits per heavy atom. The van der Waals surface area contributed by atoms with Crippen molar-refractivity contribution in [2.75, 3.05) is 18.5 Å². The van der Waals surface area contributed by atoms with Crippen LogP contribution in [0.5, 0.6) is 0 Å². The van der Waals surface area contributed by atoms with E-state index in [2.05, 4.69) is 10.5 Å². The molecule has 0 spiro atoms. The van der Waals surface area contributed by atoms with Crippen molar-refractivity contribution < 1.29 is 18.8 Å². The minimum Gasteiger partial charge on any atom is -0.369 e. The maximum atomic E-state index is 12.5. The Balaban J connectivity index is 1.74. The van der Waals surface area contributed by atoms with Crippen LogP contribution in [0.3, 0.4) is 0 Å². The lowest BCUT2D eigenvalue weighted by Crippen LogP contribution is -2.54. The number of nitrogens with one attached hydrogen (secondary N) is 1. The van der Waals surface area contributed by atoms with Gasteiger partial charge in [-0.3, -0.25) is 9.59 Å². The van der Waals surface area contributed by atoms with Gasteiger partial charge in [-0.05, 0) is 12.5 Å². The van der Waals surface area contributed by atoms with Crippen molar-refractivity contribution in [1.82, 2.24) is 10.1 Å². The highest BCUT2D eigenvalue weighted by molar-refractivity contribution is 5.97. The molecule has 1 fully saturated rings. The number of rotatable bonds is 4. The molecule has 3 rings (SSSR count). The molecule has 0 bridgehead atoms. The first kappa shape index (κ1) is 15.2. The van der Waals surface area contributed by atoms with E-state index in [1.54, 1.807) is 13.0 Å². The number of hydrogen-bond donors (Lipinski definition) is 1. The lowest BCUT2D eigenvalue weighted by molar-refractivity contribution is -0.154. The fourth-order valence-corrected chi connectivity index (χ4v) is 2.44. The number of ether oxygens (including phenoxy) is 1. The average Bonchev–Trinajstić information content (AvgIpc) is 2.95. The fraction of sp³-hybridized carbons (Fsp3) is 0.312. The fourth-order valence-electron chi connectivity index (χ4n) is 2.44. The second kappa shape index (κ2) is 6.62. The summed E-state index contributed by atoms with van der Waals surface area (Å²) in [5.41, 5.74) is 0.956. The Morgan fingerprint density at radius 3 is 2.87 bits per heavy atom. The predicted octanol–water partition coefficient (Wildman–Crippen LogP) is 1.35. The normalized spacial score (nSPS) is 18.0. The number of benzene rings is 1. The van der Waals surface area contributed by atoms with E-state index in [0.29, 0.717) is 18.1 Å². The third kappa shape index (κ3) is 3.57. The van der Waals surface area contributed by atoms with Gasteiger partial charge >= 0.3 is 0 Å². The summed E-state index contributed by atoms with van der Waals surface area (Å²) in [6.45, 7) is 2.23. The Hall–Kier alpha value is -2.67. The standard InChI is InChI=1S/C16H17N3O4/c1-11-7-14(18-23-11)17-16(21)13-9-22-10-15(20)19(13)8-12-5-3-2-4-6-12/h2-7,13H,8-10H2,1H3,(H,17,18,21)/t13-/m0/s1. The molecular weight excluding hydrogens is 298 g/mol. The van der Waals surface area contributed by atoms with Crippen LogP contribution in [0, 0.1) is 6.92 Å². The second-order valence-electron chi connectivity index (χ2n) is 5.35. The van der Waals surface area contributed by atoms with Gasteiger partial charge in [0.1, 0.15) is 18.4 Å². The lowest BCUT2D eigenvalue weighted by atomic mass is 10.1. The summed E-state index contributed by atoms with van der Waals surface area (Å²) in [4.78, 5) is 26.1. The smallest absolute Gasteiger partial charge is 0.250 e. The zero-order chi connectivity index (χ0) is 16.2. The van der Waals surface area contributed by atoms with Crippen LogP contribution in [0.15, 0.2) is 40.9 Å². The van der Waals surface area contributed by atoms with E-state index in [0.717, 1.165) is 5.56 Å². The topological polar surface area (TPSA) is 84.7 Å². The molecular formula is C16H17N3O4. The van der Waals surface area contributed by atoms with Crippen LogP contribution in [0.1, 0.15) is 11.3 Å². The Labute approximate surface area is 133 Å². The minimum absolute atomic E-state index is 0.0142. The number of carbonyl (C=O) groups excluding carboxylic acids is 2. The van der Waals surface area contributed by atoms with E-state index < -0.39 is 6.04 Å². The lowest BCUT2D eigenvalue weighted by Gasteiger charge is -2.34. The first-order valence-electron chi connectivity index (χ1n) is 7.29. The highest BCUT2D eigenvalue weighted by Crippen LogP contribution is 2.16. The summed E-state index contributed by atoms with van der Waals surface area (Å²) in [6.07, 6.45) is 0. The number of anilines is 1. The van der Waals surface area contributed by atoms with E-state index in [1.165, 1.54) is 4.90 Å². The van der Waals surface area contributed by atoms with E-state index >= 15 is 0 Å². The molecule has 1 saturated heterocycles. The molecule has 1 N–H and O–H groups in total. The summed E-state index contributed by atoms with van der Waals surface area (Å²) >= 11 is 0. The Kier molecular flexibility index (Phi) is 4.38. The molecule has 2 amide bonds. The van der Waals surface area contributed by atoms with Crippen molar-refractivity contribution in [1.29, 1.82) is 0 Å². The highest BCUT2D eigenvalue weighted by Gasteiger charge is 2.34. The van der Waals surface area contributed by atoms with Crippen LogP contribution in [0.4, 0.5) is 5.82 Å². The molecule has 1 aromatic carbocycles. The van der Waals surface area contributed by atoms with Crippen LogP contribution in [0.25, 0.3) is 0 Å². The zero-order valence-electron chi connectivity index (χ0n) is 12.7. The quantitative estimate of drug-likeness (QED) is 0.920. The van der Waals surface area contributed by atoms with Gasteiger partial charge in [-0.1, -0.05) is 35.5 Å². The molecule has 0 radical (unpaired) electrons. The van der Waals surface area contributed by atoms with Crippen LogP contribution in [-0.4, -0.2) is 41.1 Å². The number of amides is 2. The number of hydrogen-bond acceptors (Lipinski definition) is 5. The van der Waals surface area contributed by atoms with Gasteiger partial charge in [-0.15, -0.1) is 0 Å². The SMILES string of the molecule is Cc1cc(NC(=O)[C@@H]2COCC(=O)N2Cc2ccccc2)no1. The van der Waals surface area contributed by atoms with E-state index in [-0.39, 0.29) is 25.0 Å². The Bertz CT molecular complexity index is 698. The maximum absolute atomic E-state index is 12.5. The summed E-state index contributed by atoms with van der Waals surface area (Å²) in [6, 6.07) is 10.4. The minimum atomic E-state index is -0.700. The maximum Gasteiger partial charge on any atom is 0.250 e. The van der Waals surface area contributed by atoms with E-state index in [4.69, 9.17) is 9.26 Å². The zero-order valence-corrected chi connectivity index (χ0v) is 12.7. The van der Waals surface area contributed by atoms with E-state index in [1.807, 2.05) is 30.3 Å². The monoisotopic (exact) mass is 315 g/mol. The molecule has 1 aliphatic heterocycles. The number of morpholine rings is 1. The van der Waals surface area contributed by atoms with Gasteiger partial charge in [0.2, 0.25) is 5.91 Å². The van der Waals surface area contributed by atoms with Gasteiger partial charge in [0.25, 0.3) is 5.91 Å². The van der Waals surface area contributed by atoms with Crippen molar-refractivity contribution in [3.8, 4) is 0 Å². The Morgan fingerprint density at radius 2 is 2.17 bits per heavy atom. The first-order chi connectivity index (χ1) is 11.1. The number of aryl methyl sites for hydroxylation is 1. The second-order valence-corrected chi connectivity index (χ2v) is 5.35. The van der Waals surface area contributed by atoms with Gasteiger partial charge in [0.15, 0.2) is 5.82 Å². The highest BCUT2D eigenvalue weighted by atomic mass is 16.5. The molecule has 1 atom stereocenters. The third-order valence-corrected chi connectivity index (χ3v) is 3.58. The van der Waals surface area contributed by atoms with Crippen molar-refractivity contribution in [3.63, 3.8) is 0 Å². The van der Waals surface area contributed by atoms with Crippen LogP contribution < -0.4 is 5.32 Å². The summed E-state index contributed by atoms with van der Waals surface area (Å²) < 4.78 is 10.2. The molecule has 0 saturated carbocycles. The van der Waals surface area contributed by atoms with Crippen molar-refractivity contribution in [2.45, 2.75) is 19.5 Å². The molecule has 7 heteroatoms. The van der Waals surface area contributed by atoms with Gasteiger partial charge in [0, 0.05) is 12.6 Å². The van der Waals surface area contributed by atoms with Crippen molar-refractivity contribution >= 4 is 17.6 Å². The summed E-state index contributed by atoms with van der Waals surface area (Å²) in [7, 11) is 0. The van der Waals surface area contributed by atoms with Crippen LogP contribution >= 0.6 is 0 Å². The number of aromatic nitrogens is 1. The molecule has 1 aromatic heterocycles. The molecule has 0 unspecified atom stereocenters. The predicted molar refractivity (Wildman–Crippen MR) is 81.5 cm³/mol. The number of carbonyl (C=O) groups is 2. The van der Waals surface area contributed by atoms with Gasteiger partial charge in [0.05, 0.1) is 6.61 Å². The van der Waals surface area contributed by atoms with Gasteiger partial charge in [-0.25, -0.2) is 0 Å². The summed E-state index contributed by atoms with van der Waals surface area (Å²) in [5.74, 6) is 0.362. The third-order valence-electron chi connectivity index (χ3n) is 3.58. The van der Waals surface area contributed by atoms with Crippen molar-refractivity contribution in [2.24, 2.45) is 0 Å².